The molecule has 0 fully saturated rings. The van der Waals surface area contributed by atoms with Crippen LogP contribution in [0.15, 0.2) is 24.3 Å². The number of unbranched alkanes of at least 4 members (excludes halogenated alkanes) is 6. The molecular formula is C19H32N2O2. The van der Waals surface area contributed by atoms with Crippen molar-refractivity contribution in [2.75, 3.05) is 18.6 Å². The third-order valence-corrected chi connectivity index (χ3v) is 4.11. The van der Waals surface area contributed by atoms with Crippen LogP contribution in [0.4, 0.5) is 5.69 Å². The molecule has 0 aliphatic heterocycles. The quantitative estimate of drug-likeness (QED) is 0.416. The van der Waals surface area contributed by atoms with Crippen molar-refractivity contribution in [3.05, 3.63) is 29.8 Å². The van der Waals surface area contributed by atoms with Crippen molar-refractivity contribution in [2.45, 2.75) is 65.2 Å². The first-order valence-corrected chi connectivity index (χ1v) is 9.02. The van der Waals surface area contributed by atoms with Gasteiger partial charge >= 0.3 is 0 Å². The van der Waals surface area contributed by atoms with Crippen LogP contribution in [0.3, 0.4) is 0 Å². The molecule has 130 valence electrons. The number of benzene rings is 1. The van der Waals surface area contributed by atoms with Crippen LogP contribution in [0.5, 0.6) is 0 Å². The van der Waals surface area contributed by atoms with E-state index in [-0.39, 0.29) is 5.91 Å². The summed E-state index contributed by atoms with van der Waals surface area (Å²) in [5.41, 5.74) is 3.38. The molecule has 4 nitrogen and oxygen atoms in total. The summed E-state index contributed by atoms with van der Waals surface area (Å²) < 4.78 is 0. The smallest absolute Gasteiger partial charge is 0.253 e. The molecule has 0 aliphatic rings. The van der Waals surface area contributed by atoms with Crippen LogP contribution >= 0.6 is 0 Å². The Kier molecular flexibility index (Phi) is 10.1. The molecule has 23 heavy (non-hydrogen) atoms. The maximum Gasteiger partial charge on any atom is 0.253 e. The monoisotopic (exact) mass is 320 g/mol. The minimum atomic E-state index is 0.0995. The zero-order valence-electron chi connectivity index (χ0n) is 14.7. The molecule has 0 aliphatic carbocycles. The molecule has 0 bridgehead atoms. The van der Waals surface area contributed by atoms with E-state index in [1.165, 1.54) is 38.5 Å². The number of hydrogen-bond donors (Lipinski definition) is 2. The third-order valence-electron chi connectivity index (χ3n) is 4.11. The molecule has 0 spiro atoms. The highest BCUT2D eigenvalue weighted by Crippen LogP contribution is 2.13. The summed E-state index contributed by atoms with van der Waals surface area (Å²) in [4.78, 5) is 14.7. The van der Waals surface area contributed by atoms with Gasteiger partial charge in [-0.15, -0.1) is 0 Å². The van der Waals surface area contributed by atoms with Crippen molar-refractivity contribution in [2.24, 2.45) is 0 Å². The molecule has 0 saturated heterocycles. The maximum atomic E-state index is 12.7. The number of carbonyl (C=O) groups is 1. The SMILES string of the molecule is CCCCCCN(CCCCCC)C(=O)c1ccc(NO)cc1. The van der Waals surface area contributed by atoms with Gasteiger partial charge in [0.2, 0.25) is 0 Å². The molecule has 1 aromatic rings. The van der Waals surface area contributed by atoms with Crippen molar-refractivity contribution in [1.82, 2.24) is 4.90 Å². The van der Waals surface area contributed by atoms with Crippen LogP contribution in [0, 0.1) is 0 Å². The van der Waals surface area contributed by atoms with Gasteiger partial charge in [-0.1, -0.05) is 52.4 Å². The van der Waals surface area contributed by atoms with Crippen molar-refractivity contribution in [1.29, 1.82) is 0 Å². The van der Waals surface area contributed by atoms with Gasteiger partial charge in [-0.3, -0.25) is 15.5 Å². The van der Waals surface area contributed by atoms with Gasteiger partial charge in [0.1, 0.15) is 0 Å². The number of nitrogens with one attached hydrogen (secondary N) is 1. The standard InChI is InChI=1S/C19H32N2O2/c1-3-5-7-9-15-21(16-10-8-6-4-2)19(22)17-11-13-18(20-23)14-12-17/h11-14,20,23H,3-10,15-16H2,1-2H3. The number of anilines is 1. The predicted molar refractivity (Wildman–Crippen MR) is 96.0 cm³/mol. The van der Waals surface area contributed by atoms with Gasteiger partial charge in [-0.05, 0) is 37.1 Å². The number of hydrogen-bond acceptors (Lipinski definition) is 3. The van der Waals surface area contributed by atoms with E-state index in [4.69, 9.17) is 5.21 Å². The van der Waals surface area contributed by atoms with Gasteiger partial charge in [0.05, 0.1) is 5.69 Å². The van der Waals surface area contributed by atoms with E-state index in [1.54, 1.807) is 24.3 Å². The van der Waals surface area contributed by atoms with Gasteiger partial charge in [-0.25, -0.2) is 0 Å². The Hall–Kier alpha value is -1.55. The predicted octanol–water partition coefficient (Wildman–Crippen LogP) is 5.09. The topological polar surface area (TPSA) is 52.6 Å². The number of nitrogens with zero attached hydrogens (tertiary/aromatic N) is 1. The lowest BCUT2D eigenvalue weighted by molar-refractivity contribution is 0.0749. The second-order valence-corrected chi connectivity index (χ2v) is 6.10. The van der Waals surface area contributed by atoms with Crippen LogP contribution in [-0.4, -0.2) is 29.1 Å². The summed E-state index contributed by atoms with van der Waals surface area (Å²) in [5, 5.41) is 8.86. The van der Waals surface area contributed by atoms with Gasteiger partial charge in [0.25, 0.3) is 5.91 Å². The van der Waals surface area contributed by atoms with Gasteiger partial charge in [-0.2, -0.15) is 0 Å². The average molecular weight is 320 g/mol. The molecule has 0 saturated carbocycles. The van der Waals surface area contributed by atoms with Crippen LogP contribution in [0.2, 0.25) is 0 Å². The second kappa shape index (κ2) is 11.9. The Morgan fingerprint density at radius 2 is 1.43 bits per heavy atom. The molecule has 1 amide bonds. The minimum absolute atomic E-state index is 0.0995. The fourth-order valence-corrected chi connectivity index (χ4v) is 2.64. The van der Waals surface area contributed by atoms with Crippen molar-refractivity contribution < 1.29 is 10.0 Å². The molecular weight excluding hydrogens is 288 g/mol. The summed E-state index contributed by atoms with van der Waals surface area (Å²) >= 11 is 0. The van der Waals surface area contributed by atoms with Crippen LogP contribution in [0.25, 0.3) is 0 Å². The van der Waals surface area contributed by atoms with Crippen LogP contribution < -0.4 is 5.48 Å². The first kappa shape index (κ1) is 19.5. The minimum Gasteiger partial charge on any atom is -0.339 e. The molecule has 2 N–H and O–H groups in total. The Balaban J connectivity index is 2.60. The Morgan fingerprint density at radius 1 is 0.913 bits per heavy atom. The van der Waals surface area contributed by atoms with Gasteiger partial charge in [0.15, 0.2) is 0 Å². The van der Waals surface area contributed by atoms with E-state index in [2.05, 4.69) is 19.3 Å². The normalized spacial score (nSPS) is 10.6. The first-order valence-electron chi connectivity index (χ1n) is 9.02. The van der Waals surface area contributed by atoms with Gasteiger partial charge in [0, 0.05) is 18.7 Å². The Morgan fingerprint density at radius 3 is 1.87 bits per heavy atom. The van der Waals surface area contributed by atoms with Crippen molar-refractivity contribution in [3.63, 3.8) is 0 Å². The molecule has 0 aromatic heterocycles. The highest BCUT2D eigenvalue weighted by atomic mass is 16.5. The van der Waals surface area contributed by atoms with E-state index >= 15 is 0 Å². The fraction of sp³-hybridized carbons (Fsp3) is 0.632. The molecule has 0 atom stereocenters. The lowest BCUT2D eigenvalue weighted by atomic mass is 10.1. The molecule has 0 radical (unpaired) electrons. The fourth-order valence-electron chi connectivity index (χ4n) is 2.64. The summed E-state index contributed by atoms with van der Waals surface area (Å²) in [5.74, 6) is 0.0995. The second-order valence-electron chi connectivity index (χ2n) is 6.10. The largest absolute Gasteiger partial charge is 0.339 e. The van der Waals surface area contributed by atoms with Crippen molar-refractivity contribution in [3.8, 4) is 0 Å². The highest BCUT2D eigenvalue weighted by molar-refractivity contribution is 5.94. The highest BCUT2D eigenvalue weighted by Gasteiger charge is 2.15. The number of rotatable bonds is 12. The summed E-state index contributed by atoms with van der Waals surface area (Å²) in [7, 11) is 0. The first-order chi connectivity index (χ1) is 11.2. The third kappa shape index (κ3) is 7.51. The molecule has 0 heterocycles. The molecule has 4 heteroatoms. The lowest BCUT2D eigenvalue weighted by Crippen LogP contribution is -2.33. The Labute approximate surface area is 140 Å². The number of amides is 1. The van der Waals surface area contributed by atoms with E-state index in [0.29, 0.717) is 11.3 Å². The summed E-state index contributed by atoms with van der Waals surface area (Å²) in [6.07, 6.45) is 9.39. The van der Waals surface area contributed by atoms with Crippen LogP contribution in [0.1, 0.15) is 75.6 Å². The maximum absolute atomic E-state index is 12.7. The molecule has 0 unspecified atom stereocenters. The van der Waals surface area contributed by atoms with Crippen molar-refractivity contribution >= 4 is 11.6 Å². The summed E-state index contributed by atoms with van der Waals surface area (Å²) in [6, 6.07) is 6.98. The number of carbonyl (C=O) groups excluding carboxylic acids is 1. The lowest BCUT2D eigenvalue weighted by Gasteiger charge is -2.23. The van der Waals surface area contributed by atoms with E-state index in [0.717, 1.165) is 25.9 Å². The van der Waals surface area contributed by atoms with E-state index in [9.17, 15) is 4.79 Å². The van der Waals surface area contributed by atoms with E-state index < -0.39 is 0 Å². The molecule has 1 aromatic carbocycles. The Bertz CT molecular complexity index is 420. The zero-order valence-corrected chi connectivity index (χ0v) is 14.7. The molecule has 1 rings (SSSR count). The van der Waals surface area contributed by atoms with Crippen LogP contribution in [-0.2, 0) is 0 Å². The van der Waals surface area contributed by atoms with E-state index in [1.807, 2.05) is 4.90 Å². The zero-order chi connectivity index (χ0) is 16.9. The van der Waals surface area contributed by atoms with Gasteiger partial charge < -0.3 is 4.90 Å². The summed E-state index contributed by atoms with van der Waals surface area (Å²) in [6.45, 7) is 6.07. The average Bonchev–Trinajstić information content (AvgIpc) is 2.60.